The molecule has 0 aliphatic carbocycles. The van der Waals surface area contributed by atoms with Gasteiger partial charge in [0.15, 0.2) is 0 Å². The van der Waals surface area contributed by atoms with Crippen molar-refractivity contribution in [2.24, 2.45) is 0 Å². The van der Waals surface area contributed by atoms with E-state index in [0.717, 1.165) is 17.6 Å². The Morgan fingerprint density at radius 3 is 2.38 bits per heavy atom. The molecule has 0 unspecified atom stereocenters. The summed E-state index contributed by atoms with van der Waals surface area (Å²) in [7, 11) is 4.81. The summed E-state index contributed by atoms with van der Waals surface area (Å²) in [6.07, 6.45) is -0.653. The molecule has 3 aromatic rings. The van der Waals surface area contributed by atoms with Crippen LogP contribution in [0, 0.1) is 0 Å². The van der Waals surface area contributed by atoms with Gasteiger partial charge in [-0.05, 0) is 48.3 Å². The predicted molar refractivity (Wildman–Crippen MR) is 126 cm³/mol. The van der Waals surface area contributed by atoms with Crippen LogP contribution in [-0.2, 0) is 4.79 Å². The first-order chi connectivity index (χ1) is 16.3. The quantitative estimate of drug-likeness (QED) is 0.311. The molecule has 11 heteroatoms. The van der Waals surface area contributed by atoms with Crippen molar-refractivity contribution in [3.05, 3.63) is 67.0 Å². The molecule has 2 aromatic carbocycles. The Hall–Kier alpha value is -3.60. The molecule has 0 aliphatic rings. The van der Waals surface area contributed by atoms with Gasteiger partial charge in [-0.2, -0.15) is 0 Å². The number of carbonyl (C=O) groups is 1. The lowest BCUT2D eigenvalue weighted by Gasteiger charge is -2.24. The Morgan fingerprint density at radius 1 is 1.06 bits per heavy atom. The SMILES string of the molecule is CNc1cccnc1.COc1ccc(OC)c(N(CC=O)Sc2ccccc2OC(F)(F)F)c1. The minimum Gasteiger partial charge on any atom is -0.497 e. The molecular weight excluding hydrogens is 471 g/mol. The highest BCUT2D eigenvalue weighted by Gasteiger charge is 2.32. The van der Waals surface area contributed by atoms with Crippen LogP contribution in [0.3, 0.4) is 0 Å². The van der Waals surface area contributed by atoms with E-state index in [4.69, 9.17) is 9.47 Å². The number of para-hydroxylation sites is 1. The number of hydrogen-bond donors (Lipinski definition) is 1. The number of ether oxygens (including phenoxy) is 3. The maximum absolute atomic E-state index is 12.6. The summed E-state index contributed by atoms with van der Waals surface area (Å²) in [5.74, 6) is 0.592. The third-order valence-electron chi connectivity index (χ3n) is 4.13. The summed E-state index contributed by atoms with van der Waals surface area (Å²) < 4.78 is 53.8. The van der Waals surface area contributed by atoms with Crippen LogP contribution in [0.15, 0.2) is 71.9 Å². The van der Waals surface area contributed by atoms with Gasteiger partial charge >= 0.3 is 6.36 Å². The van der Waals surface area contributed by atoms with Gasteiger partial charge in [-0.3, -0.25) is 4.98 Å². The largest absolute Gasteiger partial charge is 0.573 e. The highest BCUT2D eigenvalue weighted by atomic mass is 32.2. The summed E-state index contributed by atoms with van der Waals surface area (Å²) in [6.45, 7) is -0.0887. The minimum atomic E-state index is -4.82. The van der Waals surface area contributed by atoms with E-state index in [1.165, 1.54) is 36.7 Å². The zero-order valence-corrected chi connectivity index (χ0v) is 19.5. The van der Waals surface area contributed by atoms with Crippen molar-refractivity contribution in [2.75, 3.05) is 37.4 Å². The smallest absolute Gasteiger partial charge is 0.497 e. The average Bonchev–Trinajstić information content (AvgIpc) is 2.84. The lowest BCUT2D eigenvalue weighted by Crippen LogP contribution is -2.20. The molecule has 0 amide bonds. The number of aromatic nitrogens is 1. The summed E-state index contributed by atoms with van der Waals surface area (Å²) in [4.78, 5) is 15.2. The number of anilines is 2. The number of carbonyl (C=O) groups excluding carboxylic acids is 1. The molecule has 0 saturated carbocycles. The van der Waals surface area contributed by atoms with Gasteiger partial charge in [0.1, 0.15) is 23.5 Å². The third kappa shape index (κ3) is 8.39. The van der Waals surface area contributed by atoms with Crippen molar-refractivity contribution in [1.82, 2.24) is 4.98 Å². The van der Waals surface area contributed by atoms with E-state index in [1.54, 1.807) is 36.7 Å². The number of benzene rings is 2. The fourth-order valence-corrected chi connectivity index (χ4v) is 3.56. The highest BCUT2D eigenvalue weighted by Crippen LogP contribution is 2.41. The van der Waals surface area contributed by atoms with Crippen molar-refractivity contribution in [2.45, 2.75) is 11.3 Å². The maximum atomic E-state index is 12.6. The van der Waals surface area contributed by atoms with E-state index in [9.17, 15) is 18.0 Å². The van der Waals surface area contributed by atoms with Crippen molar-refractivity contribution in [3.8, 4) is 17.2 Å². The van der Waals surface area contributed by atoms with Crippen LogP contribution >= 0.6 is 11.9 Å². The maximum Gasteiger partial charge on any atom is 0.573 e. The van der Waals surface area contributed by atoms with Crippen LogP contribution in [0.2, 0.25) is 0 Å². The van der Waals surface area contributed by atoms with E-state index in [-0.39, 0.29) is 17.2 Å². The minimum absolute atomic E-state index is 0.0887. The summed E-state index contributed by atoms with van der Waals surface area (Å²) in [6, 6.07) is 14.5. The normalized spacial score (nSPS) is 10.4. The number of nitrogens with zero attached hydrogens (tertiary/aromatic N) is 2. The van der Waals surface area contributed by atoms with Crippen molar-refractivity contribution >= 4 is 29.6 Å². The number of pyridine rings is 1. The number of alkyl halides is 3. The molecule has 3 rings (SSSR count). The summed E-state index contributed by atoms with van der Waals surface area (Å²) in [5.41, 5.74) is 1.53. The van der Waals surface area contributed by atoms with Crippen LogP contribution in [0.5, 0.6) is 17.2 Å². The van der Waals surface area contributed by atoms with Crippen LogP contribution in [0.25, 0.3) is 0 Å². The highest BCUT2D eigenvalue weighted by molar-refractivity contribution is 8.00. The third-order valence-corrected chi connectivity index (χ3v) is 5.23. The van der Waals surface area contributed by atoms with Gasteiger partial charge < -0.3 is 28.6 Å². The molecular formula is C23H24F3N3O4S. The first-order valence-corrected chi connectivity index (χ1v) is 10.6. The molecule has 1 N–H and O–H groups in total. The second-order valence-corrected chi connectivity index (χ2v) is 7.41. The van der Waals surface area contributed by atoms with Crippen LogP contribution < -0.4 is 23.8 Å². The molecule has 0 radical (unpaired) electrons. The average molecular weight is 496 g/mol. The molecule has 0 aliphatic heterocycles. The Kier molecular flexibility index (Phi) is 10.3. The number of rotatable bonds is 9. The summed E-state index contributed by atoms with van der Waals surface area (Å²) in [5, 5.41) is 2.96. The fourth-order valence-electron chi connectivity index (χ4n) is 2.61. The van der Waals surface area contributed by atoms with Crippen molar-refractivity contribution in [3.63, 3.8) is 0 Å². The number of nitrogens with one attached hydrogen (secondary N) is 1. The van der Waals surface area contributed by atoms with Gasteiger partial charge in [0.05, 0.1) is 37.0 Å². The topological polar surface area (TPSA) is 72.9 Å². The zero-order valence-electron chi connectivity index (χ0n) is 18.7. The Labute approximate surface area is 200 Å². The molecule has 0 fully saturated rings. The van der Waals surface area contributed by atoms with E-state index >= 15 is 0 Å². The lowest BCUT2D eigenvalue weighted by molar-refractivity contribution is -0.275. The van der Waals surface area contributed by atoms with Gasteiger partial charge in [0.2, 0.25) is 0 Å². The van der Waals surface area contributed by atoms with Gasteiger partial charge in [-0.1, -0.05) is 12.1 Å². The number of hydrogen-bond acceptors (Lipinski definition) is 8. The molecule has 1 aromatic heterocycles. The van der Waals surface area contributed by atoms with Gasteiger partial charge in [0.25, 0.3) is 0 Å². The Bertz CT molecular complexity index is 1040. The van der Waals surface area contributed by atoms with Gasteiger partial charge in [0, 0.05) is 25.5 Å². The number of halogens is 3. The van der Waals surface area contributed by atoms with Crippen LogP contribution in [0.4, 0.5) is 24.5 Å². The zero-order chi connectivity index (χ0) is 25.0. The molecule has 0 atom stereocenters. The fraction of sp³-hybridized carbons (Fsp3) is 0.217. The Balaban J connectivity index is 0.000000430. The molecule has 34 heavy (non-hydrogen) atoms. The number of methoxy groups -OCH3 is 2. The predicted octanol–water partition coefficient (Wildman–Crippen LogP) is 5.44. The first-order valence-electron chi connectivity index (χ1n) is 9.85. The molecule has 182 valence electrons. The van der Waals surface area contributed by atoms with Crippen molar-refractivity contribution in [1.29, 1.82) is 0 Å². The Morgan fingerprint density at radius 2 is 1.82 bits per heavy atom. The second kappa shape index (κ2) is 13.2. The lowest BCUT2D eigenvalue weighted by atomic mass is 10.2. The summed E-state index contributed by atoms with van der Waals surface area (Å²) >= 11 is 0.924. The number of aldehydes is 1. The van der Waals surface area contributed by atoms with E-state index < -0.39 is 6.36 Å². The monoisotopic (exact) mass is 495 g/mol. The van der Waals surface area contributed by atoms with Gasteiger partial charge in [-0.15, -0.1) is 13.2 Å². The molecule has 0 spiro atoms. The molecule has 7 nitrogen and oxygen atoms in total. The second-order valence-electron chi connectivity index (χ2n) is 6.34. The van der Waals surface area contributed by atoms with E-state index in [0.29, 0.717) is 23.5 Å². The van der Waals surface area contributed by atoms with Crippen LogP contribution in [0.1, 0.15) is 0 Å². The molecule has 1 heterocycles. The van der Waals surface area contributed by atoms with E-state index in [2.05, 4.69) is 15.0 Å². The van der Waals surface area contributed by atoms with Crippen molar-refractivity contribution < 1.29 is 32.2 Å². The first kappa shape index (κ1) is 26.7. The molecule has 0 bridgehead atoms. The standard InChI is InChI=1S/C17H16F3NO4S.C6H8N2/c1-23-12-7-8-14(24-2)13(11-12)21(9-10-22)26-16-6-4-3-5-15(16)25-17(18,19)20;1-7-6-3-2-4-8-5-6/h3-8,10-11H,9H2,1-2H3;2-5,7H,1H3. The van der Waals surface area contributed by atoms with Crippen LogP contribution in [-0.4, -0.2) is 45.4 Å². The van der Waals surface area contributed by atoms with Gasteiger partial charge in [-0.25, -0.2) is 0 Å². The van der Waals surface area contributed by atoms with E-state index in [1.807, 2.05) is 19.2 Å². The molecule has 0 saturated heterocycles.